The van der Waals surface area contributed by atoms with E-state index in [1.165, 1.54) is 6.08 Å². The van der Waals surface area contributed by atoms with E-state index in [0.29, 0.717) is 30.3 Å². The lowest BCUT2D eigenvalue weighted by atomic mass is 10.1. The molecule has 0 spiro atoms. The molecule has 0 bridgehead atoms. The molecule has 0 heterocycles. The Hall–Kier alpha value is -3.28. The molecule has 6 heteroatoms. The summed E-state index contributed by atoms with van der Waals surface area (Å²) in [7, 11) is 0. The monoisotopic (exact) mass is 383 g/mol. The van der Waals surface area contributed by atoms with Gasteiger partial charge in [0.2, 0.25) is 6.10 Å². The average molecular weight is 383 g/mol. The Balaban J connectivity index is 2.10. The van der Waals surface area contributed by atoms with E-state index in [2.05, 4.69) is 0 Å². The smallest absolute Gasteiger partial charge is 0.331 e. The number of amides is 1. The second-order valence-corrected chi connectivity index (χ2v) is 5.95. The molecule has 1 unspecified atom stereocenters. The number of hydrogen-bond acceptors (Lipinski definition) is 5. The van der Waals surface area contributed by atoms with Crippen LogP contribution in [0.3, 0.4) is 0 Å². The van der Waals surface area contributed by atoms with E-state index in [1.54, 1.807) is 54.6 Å². The van der Waals surface area contributed by atoms with Crippen LogP contribution >= 0.6 is 0 Å². The summed E-state index contributed by atoms with van der Waals surface area (Å²) in [4.78, 5) is 23.8. The Bertz CT molecular complexity index is 817. The number of carbonyl (C=O) groups is 2. The predicted octanol–water partition coefficient (Wildman–Crippen LogP) is 3.66. The maximum absolute atomic E-state index is 12.2. The van der Waals surface area contributed by atoms with Gasteiger partial charge in [0.1, 0.15) is 0 Å². The zero-order chi connectivity index (χ0) is 20.4. The molecule has 148 valence electrons. The van der Waals surface area contributed by atoms with Crippen molar-refractivity contribution in [1.82, 2.24) is 0 Å². The molecule has 0 aromatic heterocycles. The van der Waals surface area contributed by atoms with Crippen molar-refractivity contribution in [3.8, 4) is 11.5 Å². The lowest BCUT2D eigenvalue weighted by Gasteiger charge is -2.14. The van der Waals surface area contributed by atoms with E-state index < -0.39 is 18.0 Å². The number of ether oxygens (including phenoxy) is 3. The van der Waals surface area contributed by atoms with Gasteiger partial charge in [-0.25, -0.2) is 4.79 Å². The minimum absolute atomic E-state index is 0.495. The van der Waals surface area contributed by atoms with Crippen molar-refractivity contribution in [3.05, 3.63) is 65.7 Å². The van der Waals surface area contributed by atoms with Crippen LogP contribution in [0.2, 0.25) is 0 Å². The van der Waals surface area contributed by atoms with Gasteiger partial charge < -0.3 is 19.9 Å². The summed E-state index contributed by atoms with van der Waals surface area (Å²) in [5.74, 6) is -0.145. The molecule has 0 saturated carbocycles. The lowest BCUT2D eigenvalue weighted by Crippen LogP contribution is -2.25. The summed E-state index contributed by atoms with van der Waals surface area (Å²) in [6.07, 6.45) is 2.58. The van der Waals surface area contributed by atoms with Gasteiger partial charge in [-0.05, 0) is 37.1 Å². The fourth-order valence-corrected chi connectivity index (χ4v) is 2.47. The van der Waals surface area contributed by atoms with Gasteiger partial charge in [-0.2, -0.15) is 0 Å². The number of nitrogens with two attached hydrogens (primary N) is 1. The van der Waals surface area contributed by atoms with E-state index in [-0.39, 0.29) is 0 Å². The highest BCUT2D eigenvalue weighted by Crippen LogP contribution is 2.29. The molecule has 2 aromatic rings. The van der Waals surface area contributed by atoms with Crippen molar-refractivity contribution >= 4 is 18.0 Å². The van der Waals surface area contributed by atoms with Crippen molar-refractivity contribution in [1.29, 1.82) is 0 Å². The number of esters is 1. The van der Waals surface area contributed by atoms with Gasteiger partial charge in [-0.3, -0.25) is 4.79 Å². The molecule has 0 saturated heterocycles. The molecule has 0 aliphatic rings. The Morgan fingerprint density at radius 1 is 1.04 bits per heavy atom. The summed E-state index contributed by atoms with van der Waals surface area (Å²) in [5, 5.41) is 0. The summed E-state index contributed by atoms with van der Waals surface area (Å²) in [6, 6.07) is 14.0. The zero-order valence-corrected chi connectivity index (χ0v) is 16.1. The SMILES string of the molecule is CCCOc1ccc(/C=C/C(=O)OC(C(N)=O)c2ccccc2)cc1OCC. The van der Waals surface area contributed by atoms with Gasteiger partial charge in [0.05, 0.1) is 13.2 Å². The third-order valence-electron chi connectivity index (χ3n) is 3.74. The zero-order valence-electron chi connectivity index (χ0n) is 16.1. The van der Waals surface area contributed by atoms with Crippen molar-refractivity contribution in [2.24, 2.45) is 5.73 Å². The first-order valence-electron chi connectivity index (χ1n) is 9.17. The van der Waals surface area contributed by atoms with Gasteiger partial charge in [0, 0.05) is 11.6 Å². The number of hydrogen-bond donors (Lipinski definition) is 1. The number of primary amides is 1. The largest absolute Gasteiger partial charge is 0.490 e. The number of benzene rings is 2. The predicted molar refractivity (Wildman–Crippen MR) is 107 cm³/mol. The molecule has 1 atom stereocenters. The highest BCUT2D eigenvalue weighted by molar-refractivity contribution is 5.90. The van der Waals surface area contributed by atoms with Crippen LogP contribution in [0, 0.1) is 0 Å². The lowest BCUT2D eigenvalue weighted by molar-refractivity contribution is -0.150. The van der Waals surface area contributed by atoms with E-state index in [4.69, 9.17) is 19.9 Å². The van der Waals surface area contributed by atoms with Crippen LogP contribution < -0.4 is 15.2 Å². The number of carbonyl (C=O) groups excluding carboxylic acids is 2. The third-order valence-corrected chi connectivity index (χ3v) is 3.74. The molecule has 2 N–H and O–H groups in total. The third kappa shape index (κ3) is 6.16. The van der Waals surface area contributed by atoms with Crippen LogP contribution in [0.5, 0.6) is 11.5 Å². The molecule has 0 radical (unpaired) electrons. The summed E-state index contributed by atoms with van der Waals surface area (Å²) >= 11 is 0. The molecule has 1 amide bonds. The first kappa shape index (κ1) is 21.0. The van der Waals surface area contributed by atoms with Gasteiger partial charge in [-0.1, -0.05) is 43.3 Å². The second-order valence-electron chi connectivity index (χ2n) is 5.95. The molecule has 0 aliphatic carbocycles. The Morgan fingerprint density at radius 3 is 2.43 bits per heavy atom. The van der Waals surface area contributed by atoms with Crippen LogP contribution in [0.4, 0.5) is 0 Å². The van der Waals surface area contributed by atoms with E-state index in [0.717, 1.165) is 12.0 Å². The van der Waals surface area contributed by atoms with Crippen LogP contribution in [0.25, 0.3) is 6.08 Å². The minimum Gasteiger partial charge on any atom is -0.490 e. The van der Waals surface area contributed by atoms with Crippen molar-refractivity contribution in [2.75, 3.05) is 13.2 Å². The average Bonchev–Trinajstić information content (AvgIpc) is 2.70. The van der Waals surface area contributed by atoms with Crippen molar-refractivity contribution in [3.63, 3.8) is 0 Å². The minimum atomic E-state index is -1.14. The highest BCUT2D eigenvalue weighted by Gasteiger charge is 2.21. The van der Waals surface area contributed by atoms with Crippen molar-refractivity contribution < 1.29 is 23.8 Å². The van der Waals surface area contributed by atoms with Gasteiger partial charge >= 0.3 is 5.97 Å². The summed E-state index contributed by atoms with van der Waals surface area (Å²) < 4.78 is 16.5. The maximum atomic E-state index is 12.2. The number of rotatable bonds is 10. The quantitative estimate of drug-likeness (QED) is 0.500. The Kier molecular flexibility index (Phi) is 8.09. The van der Waals surface area contributed by atoms with E-state index >= 15 is 0 Å². The molecular weight excluding hydrogens is 358 g/mol. The van der Waals surface area contributed by atoms with Crippen LogP contribution in [0.1, 0.15) is 37.5 Å². The van der Waals surface area contributed by atoms with Crippen molar-refractivity contribution in [2.45, 2.75) is 26.4 Å². The first-order chi connectivity index (χ1) is 13.5. The van der Waals surface area contributed by atoms with E-state index in [1.807, 2.05) is 13.8 Å². The first-order valence-corrected chi connectivity index (χ1v) is 9.17. The van der Waals surface area contributed by atoms with Crippen LogP contribution in [-0.4, -0.2) is 25.1 Å². The molecule has 6 nitrogen and oxygen atoms in total. The molecule has 2 aromatic carbocycles. The topological polar surface area (TPSA) is 87.9 Å². The molecule has 0 aliphatic heterocycles. The standard InChI is InChI=1S/C22H25NO5/c1-3-14-27-18-12-10-16(15-19(18)26-4-2)11-13-20(24)28-21(22(23)25)17-8-6-5-7-9-17/h5-13,15,21H,3-4,14H2,1-2H3,(H2,23,25)/b13-11+. The summed E-state index contributed by atoms with van der Waals surface area (Å²) in [5.41, 5.74) is 6.62. The fourth-order valence-electron chi connectivity index (χ4n) is 2.47. The van der Waals surface area contributed by atoms with Crippen LogP contribution in [-0.2, 0) is 14.3 Å². The van der Waals surface area contributed by atoms with Gasteiger partial charge in [0.15, 0.2) is 11.5 Å². The molecule has 28 heavy (non-hydrogen) atoms. The van der Waals surface area contributed by atoms with Gasteiger partial charge in [0.25, 0.3) is 5.91 Å². The normalized spacial score (nSPS) is 11.8. The molecule has 0 fully saturated rings. The highest BCUT2D eigenvalue weighted by atomic mass is 16.5. The summed E-state index contributed by atoms with van der Waals surface area (Å²) in [6.45, 7) is 5.00. The molecular formula is C22H25NO5. The fraction of sp³-hybridized carbons (Fsp3) is 0.273. The maximum Gasteiger partial charge on any atom is 0.331 e. The Labute approximate surface area is 164 Å². The van der Waals surface area contributed by atoms with Gasteiger partial charge in [-0.15, -0.1) is 0 Å². The van der Waals surface area contributed by atoms with E-state index in [9.17, 15) is 9.59 Å². The molecule has 2 rings (SSSR count). The second kappa shape index (κ2) is 10.8. The van der Waals surface area contributed by atoms with Crippen LogP contribution in [0.15, 0.2) is 54.6 Å². The Morgan fingerprint density at radius 2 is 1.79 bits per heavy atom.